The topological polar surface area (TPSA) is 69.7 Å². The lowest BCUT2D eigenvalue weighted by Gasteiger charge is -2.15. The average molecular weight is 230 g/mol. The Morgan fingerprint density at radius 3 is 1.85 bits per heavy atom. The molecule has 0 saturated carbocycles. The van der Waals surface area contributed by atoms with Crippen molar-refractivity contribution in [2.24, 2.45) is 0 Å². The molecule has 0 aliphatic rings. The van der Waals surface area contributed by atoms with Crippen molar-refractivity contribution >= 4 is 17.4 Å². The smallest absolute Gasteiger partial charge is 0.311 e. The van der Waals surface area contributed by atoms with E-state index in [4.69, 9.17) is 0 Å². The highest BCUT2D eigenvalue weighted by molar-refractivity contribution is 7.98. The third-order valence-corrected chi connectivity index (χ3v) is 6.87. The van der Waals surface area contributed by atoms with Crippen molar-refractivity contribution in [2.45, 2.75) is 19.1 Å². The molecule has 0 unspecified atom stereocenters. The predicted molar refractivity (Wildman–Crippen MR) is 50.5 cm³/mol. The molecule has 0 aromatic carbocycles. The van der Waals surface area contributed by atoms with Crippen molar-refractivity contribution in [3.63, 3.8) is 0 Å². The standard InChI is InChI=1S/C6H15O5PS/c1-6(2)13(8,9)5-12(7,10-3)11-4/h6H,5H2,1-4H3. The van der Waals surface area contributed by atoms with Gasteiger partial charge in [0, 0.05) is 14.2 Å². The van der Waals surface area contributed by atoms with E-state index in [9.17, 15) is 13.0 Å². The number of hydrogen-bond donors (Lipinski definition) is 0. The third kappa shape index (κ3) is 3.77. The monoisotopic (exact) mass is 230 g/mol. The summed E-state index contributed by atoms with van der Waals surface area (Å²) in [6.45, 7) is 3.04. The summed E-state index contributed by atoms with van der Waals surface area (Å²) in [4.78, 5) is 0. The Kier molecular flexibility index (Phi) is 4.59. The summed E-state index contributed by atoms with van der Waals surface area (Å²) in [6.07, 6.45) is 0. The molecular formula is C6H15O5PS. The van der Waals surface area contributed by atoms with Gasteiger partial charge in [-0.05, 0) is 13.8 Å². The SMILES string of the molecule is COP(=O)(CS(=O)(=O)C(C)C)OC. The molecule has 0 saturated heterocycles. The van der Waals surface area contributed by atoms with Crippen molar-refractivity contribution in [2.75, 3.05) is 19.7 Å². The van der Waals surface area contributed by atoms with Gasteiger partial charge in [-0.2, -0.15) is 0 Å². The lowest BCUT2D eigenvalue weighted by molar-refractivity contribution is 0.280. The van der Waals surface area contributed by atoms with Gasteiger partial charge in [0.1, 0.15) is 0 Å². The first-order valence-corrected chi connectivity index (χ1v) is 7.14. The van der Waals surface area contributed by atoms with Crippen LogP contribution in [0.3, 0.4) is 0 Å². The van der Waals surface area contributed by atoms with Crippen LogP contribution in [-0.4, -0.2) is 33.4 Å². The van der Waals surface area contributed by atoms with E-state index in [2.05, 4.69) is 9.05 Å². The highest BCUT2D eigenvalue weighted by atomic mass is 32.2. The third-order valence-electron chi connectivity index (χ3n) is 1.61. The summed E-state index contributed by atoms with van der Waals surface area (Å²) in [6, 6.07) is 0. The maximum atomic E-state index is 11.4. The first-order chi connectivity index (χ1) is 5.77. The zero-order valence-corrected chi connectivity index (χ0v) is 9.89. The van der Waals surface area contributed by atoms with E-state index in [0.717, 1.165) is 0 Å². The van der Waals surface area contributed by atoms with Crippen LogP contribution in [0.25, 0.3) is 0 Å². The second kappa shape index (κ2) is 4.55. The molecular weight excluding hydrogens is 215 g/mol. The van der Waals surface area contributed by atoms with Crippen molar-refractivity contribution in [3.8, 4) is 0 Å². The first kappa shape index (κ1) is 13.1. The lowest BCUT2D eigenvalue weighted by Crippen LogP contribution is -2.18. The van der Waals surface area contributed by atoms with Crippen LogP contribution in [0.5, 0.6) is 0 Å². The normalized spacial score (nSPS) is 13.6. The Morgan fingerprint density at radius 1 is 1.23 bits per heavy atom. The van der Waals surface area contributed by atoms with Crippen LogP contribution in [0, 0.1) is 0 Å². The van der Waals surface area contributed by atoms with Crippen molar-refractivity contribution in [1.29, 1.82) is 0 Å². The van der Waals surface area contributed by atoms with Gasteiger partial charge in [-0.3, -0.25) is 4.57 Å². The molecule has 0 aromatic heterocycles. The fraction of sp³-hybridized carbons (Fsp3) is 1.00. The molecule has 13 heavy (non-hydrogen) atoms. The summed E-state index contributed by atoms with van der Waals surface area (Å²) in [5, 5.41) is -0.578. The first-order valence-electron chi connectivity index (χ1n) is 3.69. The minimum absolute atomic E-state index is 0.565. The Hall–Kier alpha value is 0.100. The van der Waals surface area contributed by atoms with Gasteiger partial charge >= 0.3 is 7.60 Å². The van der Waals surface area contributed by atoms with Gasteiger partial charge < -0.3 is 9.05 Å². The van der Waals surface area contributed by atoms with Crippen LogP contribution in [-0.2, 0) is 23.4 Å². The van der Waals surface area contributed by atoms with Gasteiger partial charge in [-0.15, -0.1) is 0 Å². The van der Waals surface area contributed by atoms with Gasteiger partial charge in [0.15, 0.2) is 15.3 Å². The average Bonchev–Trinajstić information content (AvgIpc) is 2.03. The maximum absolute atomic E-state index is 11.4. The van der Waals surface area contributed by atoms with Gasteiger partial charge in [0.05, 0.1) is 5.25 Å². The minimum Gasteiger partial charge on any atom is -0.311 e. The highest BCUT2D eigenvalue weighted by Crippen LogP contribution is 2.47. The van der Waals surface area contributed by atoms with Crippen LogP contribution in [0.1, 0.15) is 13.8 Å². The second-order valence-corrected chi connectivity index (χ2v) is 8.07. The van der Waals surface area contributed by atoms with Crippen LogP contribution in [0.15, 0.2) is 0 Å². The number of hydrogen-bond acceptors (Lipinski definition) is 5. The number of sulfone groups is 1. The molecule has 0 N–H and O–H groups in total. The van der Waals surface area contributed by atoms with Gasteiger partial charge in [-0.25, -0.2) is 8.42 Å². The van der Waals surface area contributed by atoms with Crippen molar-refractivity contribution in [1.82, 2.24) is 0 Å². The van der Waals surface area contributed by atoms with Crippen molar-refractivity contribution in [3.05, 3.63) is 0 Å². The molecule has 0 spiro atoms. The predicted octanol–water partition coefficient (Wildman–Crippen LogP) is 1.25. The summed E-state index contributed by atoms with van der Waals surface area (Å²) < 4.78 is 43.2. The molecule has 5 nitrogen and oxygen atoms in total. The van der Waals surface area contributed by atoms with Crippen molar-refractivity contribution < 1.29 is 22.0 Å². The Labute approximate surface area is 78.9 Å². The zero-order chi connectivity index (χ0) is 10.7. The largest absolute Gasteiger partial charge is 0.345 e. The molecule has 0 radical (unpaired) electrons. The van der Waals surface area contributed by atoms with E-state index >= 15 is 0 Å². The van der Waals surface area contributed by atoms with E-state index in [-0.39, 0.29) is 0 Å². The summed E-state index contributed by atoms with van der Waals surface area (Å²) >= 11 is 0. The quantitative estimate of drug-likeness (QED) is 0.665. The maximum Gasteiger partial charge on any atom is 0.345 e. The van der Waals surface area contributed by atoms with E-state index in [1.807, 2.05) is 0 Å². The van der Waals surface area contributed by atoms with E-state index < -0.39 is 28.2 Å². The highest BCUT2D eigenvalue weighted by Gasteiger charge is 2.31. The molecule has 0 atom stereocenters. The zero-order valence-electron chi connectivity index (χ0n) is 8.18. The van der Waals surface area contributed by atoms with E-state index in [0.29, 0.717) is 0 Å². The Bertz CT molecular complexity index is 286. The van der Waals surface area contributed by atoms with E-state index in [1.54, 1.807) is 0 Å². The molecule has 0 heterocycles. The summed E-state index contributed by atoms with van der Waals surface area (Å²) in [5.74, 6) is 0. The number of rotatable bonds is 5. The fourth-order valence-electron chi connectivity index (χ4n) is 0.549. The summed E-state index contributed by atoms with van der Waals surface area (Å²) in [7, 11) is -4.50. The molecule has 0 fully saturated rings. The van der Waals surface area contributed by atoms with Gasteiger partial charge in [0.25, 0.3) is 0 Å². The molecule has 0 amide bonds. The van der Waals surface area contributed by atoms with Crippen LogP contribution >= 0.6 is 7.60 Å². The second-order valence-electron chi connectivity index (χ2n) is 2.82. The fourth-order valence-corrected chi connectivity index (χ4v) is 4.50. The Morgan fingerprint density at radius 2 is 1.62 bits per heavy atom. The van der Waals surface area contributed by atoms with Crippen LogP contribution < -0.4 is 0 Å². The van der Waals surface area contributed by atoms with Crippen LogP contribution in [0.4, 0.5) is 0 Å². The lowest BCUT2D eigenvalue weighted by atomic mass is 10.6. The van der Waals surface area contributed by atoms with E-state index in [1.165, 1.54) is 28.1 Å². The molecule has 80 valence electrons. The van der Waals surface area contributed by atoms with Gasteiger partial charge in [-0.1, -0.05) is 0 Å². The molecule has 0 aliphatic heterocycles. The molecule has 0 bridgehead atoms. The summed E-state index contributed by atoms with van der Waals surface area (Å²) in [5.41, 5.74) is -0.565. The minimum atomic E-state index is -3.44. The van der Waals surface area contributed by atoms with Crippen LogP contribution in [0.2, 0.25) is 0 Å². The molecule has 0 rings (SSSR count). The molecule has 0 aliphatic carbocycles. The molecule has 0 aromatic rings. The van der Waals surface area contributed by atoms with Gasteiger partial charge in [0.2, 0.25) is 0 Å². The Balaban J connectivity index is 4.71. The molecule has 7 heteroatoms.